The molecule has 0 bridgehead atoms. The number of unbranched alkanes of at least 4 members (excludes halogenated alkanes) is 15. The second kappa shape index (κ2) is 20.1. The van der Waals surface area contributed by atoms with E-state index in [9.17, 15) is 4.79 Å². The monoisotopic (exact) mass is 372 g/mol. The molecule has 0 aromatic heterocycles. The lowest BCUT2D eigenvalue weighted by Gasteiger charge is -2.08. The Morgan fingerprint density at radius 2 is 1.08 bits per heavy atom. The average Bonchev–Trinajstić information content (AvgIpc) is 2.63. The second-order valence-electron chi connectivity index (χ2n) is 7.55. The van der Waals surface area contributed by atoms with Crippen LogP contribution in [0.25, 0.3) is 0 Å². The van der Waals surface area contributed by atoms with E-state index < -0.39 is 0 Å². The van der Waals surface area contributed by atoms with E-state index in [2.05, 4.69) is 19.6 Å². The Bertz CT molecular complexity index is 281. The molecule has 3 heteroatoms. The summed E-state index contributed by atoms with van der Waals surface area (Å²) in [5.41, 5.74) is 0. The van der Waals surface area contributed by atoms with Crippen molar-refractivity contribution in [3.63, 3.8) is 0 Å². The molecular weight excluding hydrogens is 328 g/mol. The molecule has 0 saturated carbocycles. The molecule has 0 heterocycles. The molecule has 0 saturated heterocycles. The van der Waals surface area contributed by atoms with Crippen molar-refractivity contribution in [3.8, 4) is 0 Å². The van der Waals surface area contributed by atoms with E-state index in [1.54, 1.807) is 0 Å². The standard InChI is InChI=1S/C22H44O2S/c1-3-4-5-6-7-8-9-10-11-12-13-14-15-16-17-18-19-24-22(23)21(2)20-25/h21,25H,3-20H2,1-2H3. The summed E-state index contributed by atoms with van der Waals surface area (Å²) in [7, 11) is 0. The van der Waals surface area contributed by atoms with Crippen LogP contribution in [-0.4, -0.2) is 18.3 Å². The molecule has 0 N–H and O–H groups in total. The molecule has 2 nitrogen and oxygen atoms in total. The first kappa shape index (κ1) is 24.8. The minimum absolute atomic E-state index is 0.0793. The van der Waals surface area contributed by atoms with E-state index in [4.69, 9.17) is 4.74 Å². The van der Waals surface area contributed by atoms with Crippen LogP contribution in [0.5, 0.6) is 0 Å². The molecule has 0 radical (unpaired) electrons. The van der Waals surface area contributed by atoms with E-state index >= 15 is 0 Å². The van der Waals surface area contributed by atoms with Gasteiger partial charge in [-0.1, -0.05) is 110 Å². The van der Waals surface area contributed by atoms with Gasteiger partial charge in [0.2, 0.25) is 0 Å². The fourth-order valence-electron chi connectivity index (χ4n) is 3.04. The number of hydrogen-bond acceptors (Lipinski definition) is 3. The summed E-state index contributed by atoms with van der Waals surface area (Å²) in [6.07, 6.45) is 21.8. The van der Waals surface area contributed by atoms with Crippen LogP contribution < -0.4 is 0 Å². The Kier molecular flexibility index (Phi) is 20.0. The molecule has 25 heavy (non-hydrogen) atoms. The second-order valence-corrected chi connectivity index (χ2v) is 7.92. The number of rotatable bonds is 19. The predicted octanol–water partition coefficient (Wildman–Crippen LogP) is 7.36. The van der Waals surface area contributed by atoms with E-state index in [1.807, 2.05) is 6.92 Å². The van der Waals surface area contributed by atoms with Gasteiger partial charge in [-0.15, -0.1) is 0 Å². The quantitative estimate of drug-likeness (QED) is 0.146. The van der Waals surface area contributed by atoms with Gasteiger partial charge in [0.15, 0.2) is 0 Å². The largest absolute Gasteiger partial charge is 0.465 e. The van der Waals surface area contributed by atoms with Crippen LogP contribution in [0.2, 0.25) is 0 Å². The van der Waals surface area contributed by atoms with Gasteiger partial charge in [-0.05, 0) is 6.42 Å². The number of thiol groups is 1. The molecule has 0 aliphatic rings. The highest BCUT2D eigenvalue weighted by Crippen LogP contribution is 2.13. The van der Waals surface area contributed by atoms with Crippen LogP contribution in [0, 0.1) is 5.92 Å². The van der Waals surface area contributed by atoms with Gasteiger partial charge in [-0.3, -0.25) is 4.79 Å². The Hall–Kier alpha value is -0.180. The number of esters is 1. The maximum Gasteiger partial charge on any atom is 0.309 e. The van der Waals surface area contributed by atoms with Crippen molar-refractivity contribution >= 4 is 18.6 Å². The smallest absolute Gasteiger partial charge is 0.309 e. The van der Waals surface area contributed by atoms with Crippen molar-refractivity contribution in [3.05, 3.63) is 0 Å². The first-order valence-corrected chi connectivity index (χ1v) is 11.6. The molecule has 1 atom stereocenters. The van der Waals surface area contributed by atoms with Gasteiger partial charge in [0.05, 0.1) is 12.5 Å². The molecule has 0 spiro atoms. The fraction of sp³-hybridized carbons (Fsp3) is 0.955. The molecule has 0 amide bonds. The van der Waals surface area contributed by atoms with Crippen molar-refractivity contribution in [1.29, 1.82) is 0 Å². The third-order valence-corrected chi connectivity index (χ3v) is 5.47. The third kappa shape index (κ3) is 18.4. The minimum Gasteiger partial charge on any atom is -0.465 e. The highest BCUT2D eigenvalue weighted by molar-refractivity contribution is 7.80. The molecule has 1 unspecified atom stereocenters. The molecule has 0 aliphatic heterocycles. The zero-order chi connectivity index (χ0) is 18.6. The van der Waals surface area contributed by atoms with Crippen molar-refractivity contribution in [2.45, 2.75) is 117 Å². The van der Waals surface area contributed by atoms with E-state index in [1.165, 1.54) is 96.3 Å². The lowest BCUT2D eigenvalue weighted by molar-refractivity contribution is -0.147. The maximum absolute atomic E-state index is 11.5. The summed E-state index contributed by atoms with van der Waals surface area (Å²) in [4.78, 5) is 11.5. The molecule has 0 aromatic carbocycles. The van der Waals surface area contributed by atoms with Crippen LogP contribution in [0.15, 0.2) is 0 Å². The van der Waals surface area contributed by atoms with Gasteiger partial charge in [-0.2, -0.15) is 12.6 Å². The third-order valence-electron chi connectivity index (χ3n) is 4.92. The van der Waals surface area contributed by atoms with Gasteiger partial charge in [0, 0.05) is 5.75 Å². The van der Waals surface area contributed by atoms with E-state index in [0.29, 0.717) is 12.4 Å². The Balaban J connectivity index is 3.08. The molecule has 0 fully saturated rings. The molecule has 0 aromatic rings. The zero-order valence-electron chi connectivity index (χ0n) is 17.1. The van der Waals surface area contributed by atoms with Crippen LogP contribution in [0.1, 0.15) is 117 Å². The zero-order valence-corrected chi connectivity index (χ0v) is 18.0. The average molecular weight is 373 g/mol. The number of hydrogen-bond donors (Lipinski definition) is 1. The SMILES string of the molecule is CCCCCCCCCCCCCCCCCCOC(=O)C(C)CS. The van der Waals surface area contributed by atoms with Crippen LogP contribution in [0.3, 0.4) is 0 Å². The summed E-state index contributed by atoms with van der Waals surface area (Å²) in [5, 5.41) is 0. The van der Waals surface area contributed by atoms with Crippen molar-refractivity contribution < 1.29 is 9.53 Å². The van der Waals surface area contributed by atoms with Gasteiger partial charge >= 0.3 is 5.97 Å². The lowest BCUT2D eigenvalue weighted by Crippen LogP contribution is -2.16. The highest BCUT2D eigenvalue weighted by Gasteiger charge is 2.11. The van der Waals surface area contributed by atoms with E-state index in [0.717, 1.165) is 6.42 Å². The Morgan fingerprint density at radius 3 is 1.44 bits per heavy atom. The summed E-state index contributed by atoms with van der Waals surface area (Å²) in [6.45, 7) is 4.72. The fourth-order valence-corrected chi connectivity index (χ4v) is 3.19. The Labute approximate surface area is 163 Å². The normalized spacial score (nSPS) is 12.3. The van der Waals surface area contributed by atoms with Crippen molar-refractivity contribution in [2.75, 3.05) is 12.4 Å². The summed E-state index contributed by atoms with van der Waals surface area (Å²) >= 11 is 4.11. The molecule has 150 valence electrons. The van der Waals surface area contributed by atoms with Gasteiger partial charge < -0.3 is 4.74 Å². The summed E-state index contributed by atoms with van der Waals surface area (Å²) in [6, 6.07) is 0. The molecule has 0 rings (SSSR count). The van der Waals surface area contributed by atoms with Gasteiger partial charge in [0.25, 0.3) is 0 Å². The van der Waals surface area contributed by atoms with Crippen molar-refractivity contribution in [1.82, 2.24) is 0 Å². The number of carbonyl (C=O) groups is 1. The lowest BCUT2D eigenvalue weighted by atomic mass is 10.0. The minimum atomic E-state index is -0.101. The molecule has 0 aliphatic carbocycles. The Morgan fingerprint density at radius 1 is 0.720 bits per heavy atom. The number of ether oxygens (including phenoxy) is 1. The van der Waals surface area contributed by atoms with Crippen LogP contribution in [0.4, 0.5) is 0 Å². The van der Waals surface area contributed by atoms with Crippen molar-refractivity contribution in [2.24, 2.45) is 5.92 Å². The topological polar surface area (TPSA) is 26.3 Å². The van der Waals surface area contributed by atoms with Crippen LogP contribution in [-0.2, 0) is 9.53 Å². The maximum atomic E-state index is 11.5. The summed E-state index contributed by atoms with van der Waals surface area (Å²) < 4.78 is 5.23. The predicted molar refractivity (Wildman–Crippen MR) is 114 cm³/mol. The van der Waals surface area contributed by atoms with Crippen LogP contribution >= 0.6 is 12.6 Å². The van der Waals surface area contributed by atoms with Gasteiger partial charge in [-0.25, -0.2) is 0 Å². The van der Waals surface area contributed by atoms with Gasteiger partial charge in [0.1, 0.15) is 0 Å². The molecular formula is C22H44O2S. The number of carbonyl (C=O) groups excluding carboxylic acids is 1. The first-order chi connectivity index (χ1) is 12.2. The van der Waals surface area contributed by atoms with E-state index in [-0.39, 0.29) is 11.9 Å². The summed E-state index contributed by atoms with van der Waals surface area (Å²) in [5.74, 6) is 0.387. The highest BCUT2D eigenvalue weighted by atomic mass is 32.1. The first-order valence-electron chi connectivity index (χ1n) is 11.0.